The minimum Gasteiger partial charge on any atom is -0.504 e. The quantitative estimate of drug-likeness (QED) is 0.0868. The Morgan fingerprint density at radius 2 is 1.08 bits per heavy atom. The Hall–Kier alpha value is -6.51. The number of carbonyl (C=O) groups is 5. The maximum absolute atomic E-state index is 11.6. The highest BCUT2D eigenvalue weighted by molar-refractivity contribution is 5.92. The van der Waals surface area contributed by atoms with Crippen molar-refractivity contribution in [2.24, 2.45) is 28.1 Å². The fraction of sp³-hybridized carbons (Fsp3) is 0.649. The Morgan fingerprint density at radius 1 is 0.583 bits per heavy atom. The van der Waals surface area contributed by atoms with Crippen LogP contribution in [-0.2, 0) is 28.6 Å². The minimum absolute atomic E-state index is 0.0399. The monoisotopic (exact) mass is 1540 g/mol. The first-order valence-corrected chi connectivity index (χ1v) is 35.9. The second-order valence-electron chi connectivity index (χ2n) is 29.6. The van der Waals surface area contributed by atoms with E-state index in [-0.39, 0.29) is 57.4 Å². The average molecular weight is 1540 g/mol. The number of hydrogen-bond acceptors (Lipinski definition) is 30. The molecule has 3 heterocycles. The molecule has 31 nitrogen and oxygen atoms in total. The van der Waals surface area contributed by atoms with Crippen LogP contribution in [0.15, 0.2) is 87.6 Å². The summed E-state index contributed by atoms with van der Waals surface area (Å²) in [5.41, 5.74) is 8.68. The third kappa shape index (κ3) is 23.5. The summed E-state index contributed by atoms with van der Waals surface area (Å²) in [6.07, 6.45) is 2.79. The van der Waals surface area contributed by atoms with Crippen LogP contribution < -0.4 is 14.2 Å². The number of aromatic hydroxyl groups is 2. The molecule has 9 aliphatic rings. The number of aldehydes is 2. The number of methoxy groups -OCH3 is 3. The molecule has 0 spiro atoms. The van der Waals surface area contributed by atoms with Crippen molar-refractivity contribution in [3.63, 3.8) is 0 Å². The number of aliphatic carboxylic acids is 1. The van der Waals surface area contributed by atoms with Crippen molar-refractivity contribution in [2.75, 3.05) is 54.4 Å². The van der Waals surface area contributed by atoms with Crippen molar-refractivity contribution >= 4 is 30.1 Å². The second-order valence-corrected chi connectivity index (χ2v) is 29.6. The van der Waals surface area contributed by atoms with Crippen LogP contribution in [0.5, 0.6) is 28.7 Å². The van der Waals surface area contributed by atoms with E-state index >= 15 is 0 Å². The number of benzene rings is 2. The summed E-state index contributed by atoms with van der Waals surface area (Å²) in [6.45, 7) is 14.6. The third-order valence-electron chi connectivity index (χ3n) is 22.2. The summed E-state index contributed by atoms with van der Waals surface area (Å²) in [5, 5.41) is 181. The molecule has 20 atom stereocenters. The molecule has 0 unspecified atom stereocenters. The molecule has 2 aromatic rings. The predicted molar refractivity (Wildman–Crippen MR) is 387 cm³/mol. The molecule has 610 valence electrons. The summed E-state index contributed by atoms with van der Waals surface area (Å²) >= 11 is 0. The van der Waals surface area contributed by atoms with Gasteiger partial charge in [0.2, 0.25) is 11.5 Å². The number of rotatable bonds is 11. The molecule has 6 aliphatic carbocycles. The topological polar surface area (TPSA) is 545 Å². The maximum atomic E-state index is 11.6. The summed E-state index contributed by atoms with van der Waals surface area (Å²) in [7, 11) is 4.25. The smallest absolute Gasteiger partial charge is 0.331 e. The maximum Gasteiger partial charge on any atom is 0.331 e. The predicted octanol–water partition coefficient (Wildman–Crippen LogP) is 1.94. The summed E-state index contributed by atoms with van der Waals surface area (Å²) in [4.78, 5) is 54.8. The Morgan fingerprint density at radius 3 is 1.56 bits per heavy atom. The zero-order valence-electron chi connectivity index (χ0n) is 63.3. The van der Waals surface area contributed by atoms with Crippen LogP contribution in [0.3, 0.4) is 0 Å². The van der Waals surface area contributed by atoms with Crippen molar-refractivity contribution in [3.05, 3.63) is 98.7 Å². The number of carbonyl (C=O) groups excluding carboxylic acids is 4. The van der Waals surface area contributed by atoms with Crippen molar-refractivity contribution in [1.29, 1.82) is 0 Å². The number of ether oxygens (including phenoxy) is 6. The van der Waals surface area contributed by atoms with Crippen LogP contribution in [0.1, 0.15) is 166 Å². The molecule has 3 saturated heterocycles. The molecule has 11 rings (SSSR count). The number of aliphatic hydroxyl groups is 17. The summed E-state index contributed by atoms with van der Waals surface area (Å²) in [6, 6.07) is 7.28. The van der Waals surface area contributed by atoms with Crippen LogP contribution >= 0.6 is 0 Å². The van der Waals surface area contributed by atoms with Crippen LogP contribution in [0.2, 0.25) is 0 Å². The zero-order chi connectivity index (χ0) is 81.7. The van der Waals surface area contributed by atoms with E-state index in [4.69, 9.17) is 95.9 Å². The van der Waals surface area contributed by atoms with E-state index in [1.165, 1.54) is 75.6 Å². The first-order valence-electron chi connectivity index (χ1n) is 35.9. The van der Waals surface area contributed by atoms with Gasteiger partial charge in [-0.1, -0.05) is 63.0 Å². The van der Waals surface area contributed by atoms with Crippen molar-refractivity contribution in [3.8, 4) is 28.7 Å². The van der Waals surface area contributed by atoms with Gasteiger partial charge in [-0.2, -0.15) is 0 Å². The normalized spacial score (nSPS) is 35.3. The first kappa shape index (κ1) is 93.9. The lowest BCUT2D eigenvalue weighted by Gasteiger charge is -2.46. The first-order chi connectivity index (χ1) is 50.6. The van der Waals surface area contributed by atoms with Crippen LogP contribution in [0, 0.1) is 28.1 Å². The SMILES string of the molecule is C/C(C(=O)O)=C1/CCC2=CCC[C@@H](C)[C@]2(C)C1.C/C(CO)=C1/CCC2=CC(=O)C[C@@H](C)[C@]2(C)C1.COc1cc(C=O)cc(OC)c1O.COc1cc(C=O)ccc1O.C[C@@]12CCC[C@@](C)(O)C1=CC(=O)CC2.OC[C@H]1O[C@@H](O)[C@H](O)[C@@H](O)[C@@H]1O.OC[C@H]1O[C@H](O)[C@H](O)[C@@H](O)[C@@H]1O.OC[C@H]1O[C@](O)(CO)[C@@H](O)[C@@H]1O. The molecule has 2 aromatic carbocycles. The Balaban J connectivity index is 0.000000262. The van der Waals surface area contributed by atoms with Crippen molar-refractivity contribution in [1.82, 2.24) is 0 Å². The largest absolute Gasteiger partial charge is 0.504 e. The summed E-state index contributed by atoms with van der Waals surface area (Å²) in [5.74, 6) is -0.662. The molecule has 3 aliphatic heterocycles. The van der Waals surface area contributed by atoms with Crippen LogP contribution in [0.4, 0.5) is 0 Å². The molecular formula is C77H116O31. The number of phenols is 2. The van der Waals surface area contributed by atoms with Gasteiger partial charge in [0, 0.05) is 29.5 Å². The van der Waals surface area contributed by atoms with E-state index in [0.29, 0.717) is 59.7 Å². The van der Waals surface area contributed by atoms with Gasteiger partial charge in [-0.15, -0.1) is 0 Å². The fourth-order valence-electron chi connectivity index (χ4n) is 14.6. The van der Waals surface area contributed by atoms with Gasteiger partial charge in [0.1, 0.15) is 79.7 Å². The highest BCUT2D eigenvalue weighted by Crippen LogP contribution is 2.54. The van der Waals surface area contributed by atoms with Gasteiger partial charge in [-0.3, -0.25) is 19.2 Å². The van der Waals surface area contributed by atoms with Crippen molar-refractivity contribution < 1.29 is 155 Å². The van der Waals surface area contributed by atoms with Gasteiger partial charge in [-0.25, -0.2) is 4.79 Å². The van der Waals surface area contributed by atoms with E-state index in [2.05, 4.69) is 54.9 Å². The molecule has 0 radical (unpaired) electrons. The number of aliphatic hydroxyl groups excluding tert-OH is 15. The van der Waals surface area contributed by atoms with Gasteiger partial charge in [0.15, 0.2) is 47.1 Å². The van der Waals surface area contributed by atoms with Gasteiger partial charge in [0.25, 0.3) is 0 Å². The number of allylic oxidation sites excluding steroid dienone is 7. The molecule has 0 bridgehead atoms. The Kier molecular flexibility index (Phi) is 36.2. The van der Waals surface area contributed by atoms with E-state index in [1.807, 2.05) is 19.9 Å². The van der Waals surface area contributed by atoms with E-state index in [1.54, 1.807) is 18.6 Å². The van der Waals surface area contributed by atoms with E-state index < -0.39 is 124 Å². The molecule has 108 heavy (non-hydrogen) atoms. The number of ketones is 2. The molecule has 20 N–H and O–H groups in total. The lowest BCUT2D eigenvalue weighted by atomic mass is 9.59. The Bertz CT molecular complexity index is 3390. The lowest BCUT2D eigenvalue weighted by Crippen LogP contribution is -2.58. The molecule has 0 amide bonds. The van der Waals surface area contributed by atoms with Gasteiger partial charge in [0.05, 0.1) is 60.0 Å². The number of carboxylic acid groups (broad SMARTS) is 1. The van der Waals surface area contributed by atoms with Gasteiger partial charge < -0.3 is 131 Å². The average Bonchev–Trinajstić information content (AvgIpc) is 0.892. The van der Waals surface area contributed by atoms with E-state index in [0.717, 1.165) is 80.9 Å². The van der Waals surface area contributed by atoms with Crippen LogP contribution in [0.25, 0.3) is 0 Å². The lowest BCUT2D eigenvalue weighted by molar-refractivity contribution is -0.286. The molecule has 31 heteroatoms. The van der Waals surface area contributed by atoms with Gasteiger partial charge in [-0.05, 0) is 180 Å². The van der Waals surface area contributed by atoms with Crippen molar-refractivity contribution in [2.45, 2.75) is 236 Å². The fourth-order valence-corrected chi connectivity index (χ4v) is 14.6. The molecule has 0 aromatic heterocycles. The van der Waals surface area contributed by atoms with Gasteiger partial charge >= 0.3 is 5.97 Å². The number of phenolic OH excluding ortho intramolecular Hbond substituents is 2. The Labute approximate surface area is 628 Å². The summed E-state index contributed by atoms with van der Waals surface area (Å²) < 4.78 is 28.2. The number of hydrogen-bond donors (Lipinski definition) is 20. The molecular weight excluding hydrogens is 1420 g/mol. The van der Waals surface area contributed by atoms with Crippen LogP contribution in [-0.4, -0.2) is 278 Å². The van der Waals surface area contributed by atoms with E-state index in [9.17, 15) is 44.4 Å². The molecule has 3 saturated carbocycles. The molecule has 6 fully saturated rings. The number of fused-ring (bicyclic) bond motifs is 3. The minimum atomic E-state index is -2.16. The number of carboxylic acids is 1. The highest BCUT2D eigenvalue weighted by Gasteiger charge is 2.53. The third-order valence-corrected chi connectivity index (χ3v) is 22.2. The standard InChI is InChI=1S/2C15H22O2.C12H18O2.C9H10O4.C8H8O3.3C6H12O6/c1-10(9-16)12-4-5-13-7-14(17)6-11(2)15(13,3)8-12;1-10-5-4-6-13-8-7-12(9-15(10,13)3)11(2)14(16)17;1-11-5-3-6-12(2,14)10(11)8-9(13)4-7-11;1-12-7-3-6(5-10)4-8(13-2)9(7)11;1-11-8-4-6(5-9)2-3-7(8)10;7-1-3-4(9)5(10)6(11,2-8)12-3;2*7-1-2-3(8)4(9)5(10)6(11)12-2/h7,11,16H,4-6,8-9H2,1-3H3;6,10H,4-5,7-9H2,1-3H3,(H,16,17);8,14H,3-7H2,1-2H3;3-5,11H,1-2H3;2-5,10H,1H3;3-5,7-11H,1-2H2;2*2-11H,1H2/b12-10+;12-11+;;;;;;/t11-,15+;10-,15+;11-,12+;;;3-,4-,5+,6-;2-,3-,4+,5-,6+;2-,3-,4+,5-,6-/m110..111/s1. The highest BCUT2D eigenvalue weighted by atomic mass is 16.7. The zero-order valence-corrected chi connectivity index (χ0v) is 63.3. The second kappa shape index (κ2) is 41.7.